The van der Waals surface area contributed by atoms with E-state index in [2.05, 4.69) is 0 Å². The number of hydrogen-bond donors (Lipinski definition) is 0. The molecule has 0 unspecified atom stereocenters. The average Bonchev–Trinajstić information content (AvgIpc) is 2.55. The van der Waals surface area contributed by atoms with E-state index >= 15 is 0 Å². The molecule has 1 aliphatic rings. The number of esters is 2. The van der Waals surface area contributed by atoms with Crippen molar-refractivity contribution in [3.63, 3.8) is 0 Å². The zero-order valence-electron chi connectivity index (χ0n) is 17.7. The van der Waals surface area contributed by atoms with Crippen molar-refractivity contribution < 1.29 is 38.1 Å². The minimum absolute atomic E-state index is 0.0541. The van der Waals surface area contributed by atoms with Crippen molar-refractivity contribution in [1.82, 2.24) is 9.80 Å². The van der Waals surface area contributed by atoms with Crippen molar-refractivity contribution >= 4 is 24.1 Å². The van der Waals surface area contributed by atoms with Gasteiger partial charge in [-0.1, -0.05) is 0 Å². The highest BCUT2D eigenvalue weighted by Gasteiger charge is 2.51. The lowest BCUT2D eigenvalue weighted by atomic mass is 10.0. The molecule has 0 spiro atoms. The van der Waals surface area contributed by atoms with Crippen LogP contribution in [0.3, 0.4) is 0 Å². The first kappa shape index (κ1) is 23.5. The molecule has 1 aliphatic heterocycles. The van der Waals surface area contributed by atoms with Gasteiger partial charge >= 0.3 is 24.1 Å². The highest BCUT2D eigenvalue weighted by Crippen LogP contribution is 2.24. The van der Waals surface area contributed by atoms with E-state index in [1.807, 2.05) is 0 Å². The number of hydrogen-bond acceptors (Lipinski definition) is 8. The van der Waals surface area contributed by atoms with Crippen LogP contribution < -0.4 is 0 Å². The quantitative estimate of drug-likeness (QED) is 0.505. The smallest absolute Gasteiger partial charge is 0.411 e. The third-order valence-corrected chi connectivity index (χ3v) is 3.69. The van der Waals surface area contributed by atoms with Gasteiger partial charge in [0.1, 0.15) is 11.2 Å². The minimum Gasteiger partial charge on any atom is -0.467 e. The Balaban J connectivity index is 3.32. The number of piperazine rings is 1. The van der Waals surface area contributed by atoms with Crippen LogP contribution in [0.5, 0.6) is 0 Å². The first-order chi connectivity index (χ1) is 12.7. The molecule has 1 heterocycles. The molecular formula is C18H30N2O8. The maximum atomic E-state index is 12.6. The third-order valence-electron chi connectivity index (χ3n) is 3.69. The SMILES string of the molecule is COC(=O)[C@H]1[C@H](C(=O)OC)N(C(=O)OC(C)(C)C)CCN1C(=O)OC(C)(C)C. The van der Waals surface area contributed by atoms with Gasteiger partial charge in [-0.2, -0.15) is 0 Å². The highest BCUT2D eigenvalue weighted by molar-refractivity contribution is 5.92. The Morgan fingerprint density at radius 2 is 0.964 bits per heavy atom. The number of carbonyl (C=O) groups is 4. The molecular weight excluding hydrogens is 372 g/mol. The Morgan fingerprint density at radius 3 is 1.18 bits per heavy atom. The van der Waals surface area contributed by atoms with Gasteiger partial charge in [0.2, 0.25) is 0 Å². The monoisotopic (exact) mass is 402 g/mol. The molecule has 0 radical (unpaired) electrons. The number of methoxy groups -OCH3 is 2. The van der Waals surface area contributed by atoms with Gasteiger partial charge in [0.15, 0.2) is 12.1 Å². The number of rotatable bonds is 2. The van der Waals surface area contributed by atoms with E-state index in [0.717, 1.165) is 24.0 Å². The Kier molecular flexibility index (Phi) is 7.27. The van der Waals surface area contributed by atoms with Gasteiger partial charge in [-0.05, 0) is 41.5 Å². The molecule has 1 fully saturated rings. The van der Waals surface area contributed by atoms with Crippen molar-refractivity contribution in [2.75, 3.05) is 27.3 Å². The summed E-state index contributed by atoms with van der Waals surface area (Å²) in [6, 6.07) is -2.87. The Morgan fingerprint density at radius 1 is 0.679 bits per heavy atom. The van der Waals surface area contributed by atoms with E-state index in [1.165, 1.54) is 0 Å². The molecule has 0 aliphatic carbocycles. The molecule has 0 aromatic heterocycles. The molecule has 0 saturated carbocycles. The molecule has 0 aromatic carbocycles. The highest BCUT2D eigenvalue weighted by atomic mass is 16.6. The summed E-state index contributed by atoms with van der Waals surface area (Å²) in [5, 5.41) is 0. The summed E-state index contributed by atoms with van der Waals surface area (Å²) in [4.78, 5) is 52.3. The van der Waals surface area contributed by atoms with Crippen LogP contribution in [0.4, 0.5) is 9.59 Å². The summed E-state index contributed by atoms with van der Waals surface area (Å²) < 4.78 is 20.2. The van der Waals surface area contributed by atoms with E-state index in [9.17, 15) is 19.2 Å². The van der Waals surface area contributed by atoms with Gasteiger partial charge in [0.05, 0.1) is 14.2 Å². The van der Waals surface area contributed by atoms with Crippen LogP contribution in [-0.2, 0) is 28.5 Å². The molecule has 2 atom stereocenters. The maximum absolute atomic E-state index is 12.6. The summed E-state index contributed by atoms with van der Waals surface area (Å²) >= 11 is 0. The summed E-state index contributed by atoms with van der Waals surface area (Å²) in [5.74, 6) is -1.76. The fraction of sp³-hybridized carbons (Fsp3) is 0.778. The van der Waals surface area contributed by atoms with Gasteiger partial charge in [-0.15, -0.1) is 0 Å². The summed E-state index contributed by atoms with van der Waals surface area (Å²) in [7, 11) is 2.24. The van der Waals surface area contributed by atoms with E-state index in [4.69, 9.17) is 18.9 Å². The largest absolute Gasteiger partial charge is 0.467 e. The predicted octanol–water partition coefficient (Wildman–Crippen LogP) is 1.56. The first-order valence-corrected chi connectivity index (χ1v) is 8.86. The van der Waals surface area contributed by atoms with Crippen LogP contribution in [0.1, 0.15) is 41.5 Å². The van der Waals surface area contributed by atoms with E-state index < -0.39 is 47.4 Å². The molecule has 10 nitrogen and oxygen atoms in total. The topological polar surface area (TPSA) is 112 Å². The van der Waals surface area contributed by atoms with Crippen molar-refractivity contribution in [3.05, 3.63) is 0 Å². The number of ether oxygens (including phenoxy) is 4. The normalized spacial score (nSPS) is 20.3. The van der Waals surface area contributed by atoms with Gasteiger partial charge in [0.25, 0.3) is 0 Å². The lowest BCUT2D eigenvalue weighted by Crippen LogP contribution is -2.68. The van der Waals surface area contributed by atoms with E-state index in [1.54, 1.807) is 41.5 Å². The van der Waals surface area contributed by atoms with Crippen LogP contribution >= 0.6 is 0 Å². The minimum atomic E-state index is -1.44. The molecule has 0 bridgehead atoms. The van der Waals surface area contributed by atoms with E-state index in [-0.39, 0.29) is 13.1 Å². The van der Waals surface area contributed by atoms with Crippen LogP contribution in [0.2, 0.25) is 0 Å². The summed E-state index contributed by atoms with van der Waals surface area (Å²) in [6.07, 6.45) is -1.61. The Hall–Kier alpha value is -2.52. The number of amides is 2. The molecule has 1 saturated heterocycles. The van der Waals surface area contributed by atoms with Gasteiger partial charge < -0.3 is 18.9 Å². The lowest BCUT2D eigenvalue weighted by molar-refractivity contribution is -0.163. The van der Waals surface area contributed by atoms with Crippen molar-refractivity contribution in [2.24, 2.45) is 0 Å². The molecule has 1 rings (SSSR count). The third kappa shape index (κ3) is 6.00. The Labute approximate surface area is 165 Å². The van der Waals surface area contributed by atoms with Crippen LogP contribution in [0, 0.1) is 0 Å². The second-order valence-electron chi connectivity index (χ2n) is 8.28. The second kappa shape index (κ2) is 8.66. The van der Waals surface area contributed by atoms with Crippen molar-refractivity contribution in [1.29, 1.82) is 0 Å². The fourth-order valence-electron chi connectivity index (χ4n) is 2.64. The van der Waals surface area contributed by atoms with Crippen LogP contribution in [0.15, 0.2) is 0 Å². The van der Waals surface area contributed by atoms with Crippen molar-refractivity contribution in [2.45, 2.75) is 64.8 Å². The second-order valence-corrected chi connectivity index (χ2v) is 8.28. The molecule has 10 heteroatoms. The molecule has 0 N–H and O–H groups in total. The van der Waals surface area contributed by atoms with Gasteiger partial charge in [-0.3, -0.25) is 9.80 Å². The Bertz CT molecular complexity index is 566. The lowest BCUT2D eigenvalue weighted by Gasteiger charge is -2.44. The van der Waals surface area contributed by atoms with E-state index in [0.29, 0.717) is 0 Å². The predicted molar refractivity (Wildman–Crippen MR) is 97.5 cm³/mol. The average molecular weight is 402 g/mol. The summed E-state index contributed by atoms with van der Waals surface area (Å²) in [6.45, 7) is 9.93. The zero-order chi connectivity index (χ0) is 21.9. The summed E-state index contributed by atoms with van der Waals surface area (Å²) in [5.41, 5.74) is -1.64. The first-order valence-electron chi connectivity index (χ1n) is 8.86. The van der Waals surface area contributed by atoms with Crippen molar-refractivity contribution in [3.8, 4) is 0 Å². The zero-order valence-corrected chi connectivity index (χ0v) is 17.7. The van der Waals surface area contributed by atoms with Gasteiger partial charge in [0, 0.05) is 13.1 Å². The van der Waals surface area contributed by atoms with Crippen LogP contribution in [0.25, 0.3) is 0 Å². The molecule has 160 valence electrons. The maximum Gasteiger partial charge on any atom is 0.411 e. The van der Waals surface area contributed by atoms with Gasteiger partial charge in [-0.25, -0.2) is 19.2 Å². The fourth-order valence-corrected chi connectivity index (χ4v) is 2.64. The number of carbonyl (C=O) groups excluding carboxylic acids is 4. The van der Waals surface area contributed by atoms with Crippen LogP contribution in [-0.4, -0.2) is 84.5 Å². The molecule has 28 heavy (non-hydrogen) atoms. The molecule has 2 amide bonds. The number of nitrogens with zero attached hydrogens (tertiary/aromatic N) is 2. The standard InChI is InChI=1S/C18H30N2O8/c1-17(2,3)27-15(23)19-9-10-20(16(24)28-18(4,5)6)12(14(22)26-8)11(19)13(21)25-7/h11-12H,9-10H2,1-8H3/t11-,12-/m1/s1. The molecule has 0 aromatic rings.